The predicted octanol–water partition coefficient (Wildman–Crippen LogP) is 3.38. The van der Waals surface area contributed by atoms with E-state index in [2.05, 4.69) is 17.2 Å². The first-order valence-corrected chi connectivity index (χ1v) is 7.32. The summed E-state index contributed by atoms with van der Waals surface area (Å²) in [6.45, 7) is 2.90. The van der Waals surface area contributed by atoms with Gasteiger partial charge in [-0.3, -0.25) is 9.78 Å². The summed E-state index contributed by atoms with van der Waals surface area (Å²) in [6.07, 6.45) is 3.40. The molecule has 1 aliphatic rings. The Balaban J connectivity index is 1.76. The maximum Gasteiger partial charge on any atom is 0.227 e. The molecule has 0 aliphatic carbocycles. The van der Waals surface area contributed by atoms with Crippen LogP contribution in [0.5, 0.6) is 0 Å². The average molecular weight is 281 g/mol. The fraction of sp³-hybridized carbons (Fsp3) is 0.294. The van der Waals surface area contributed by atoms with Crippen LogP contribution in [0.2, 0.25) is 0 Å². The topological polar surface area (TPSA) is 45.2 Å². The van der Waals surface area contributed by atoms with Crippen molar-refractivity contribution < 1.29 is 4.79 Å². The van der Waals surface area contributed by atoms with Crippen LogP contribution in [0.3, 0.4) is 0 Å². The minimum absolute atomic E-state index is 0.121. The number of hydrogen-bond acceptors (Lipinski definition) is 3. The molecule has 0 spiro atoms. The molecule has 1 saturated heterocycles. The predicted molar refractivity (Wildman–Crippen MR) is 84.3 cm³/mol. The van der Waals surface area contributed by atoms with Crippen LogP contribution in [-0.4, -0.2) is 17.4 Å². The van der Waals surface area contributed by atoms with Crippen LogP contribution in [-0.2, 0) is 4.79 Å². The molecule has 2 aromatic rings. The van der Waals surface area contributed by atoms with Crippen molar-refractivity contribution in [3.05, 3.63) is 54.4 Å². The Morgan fingerprint density at radius 1 is 1.24 bits per heavy atom. The highest BCUT2D eigenvalue weighted by molar-refractivity contribution is 5.95. The van der Waals surface area contributed by atoms with E-state index in [-0.39, 0.29) is 11.9 Å². The average Bonchev–Trinajstić information content (AvgIpc) is 2.94. The third-order valence-electron chi connectivity index (χ3n) is 3.75. The first kappa shape index (κ1) is 13.6. The van der Waals surface area contributed by atoms with E-state index in [1.165, 1.54) is 0 Å². The molecular weight excluding hydrogens is 262 g/mol. The van der Waals surface area contributed by atoms with Crippen molar-refractivity contribution in [1.82, 2.24) is 4.98 Å². The number of benzene rings is 1. The molecule has 1 amide bonds. The first-order valence-electron chi connectivity index (χ1n) is 7.32. The molecule has 1 fully saturated rings. The number of carbonyl (C=O) groups is 1. The second-order valence-electron chi connectivity index (χ2n) is 5.32. The summed E-state index contributed by atoms with van der Waals surface area (Å²) in [6, 6.07) is 14.0. The Bertz CT molecular complexity index is 627. The summed E-state index contributed by atoms with van der Waals surface area (Å²) in [4.78, 5) is 18.0. The van der Waals surface area contributed by atoms with Gasteiger partial charge in [-0.1, -0.05) is 12.1 Å². The molecular formula is C17H19N3O. The van der Waals surface area contributed by atoms with Crippen molar-refractivity contribution in [3.8, 4) is 0 Å². The number of nitrogens with one attached hydrogen (secondary N) is 1. The van der Waals surface area contributed by atoms with Crippen LogP contribution in [0, 0.1) is 0 Å². The van der Waals surface area contributed by atoms with Crippen molar-refractivity contribution in [2.45, 2.75) is 25.8 Å². The zero-order valence-corrected chi connectivity index (χ0v) is 12.1. The van der Waals surface area contributed by atoms with Gasteiger partial charge < -0.3 is 10.2 Å². The summed E-state index contributed by atoms with van der Waals surface area (Å²) in [5.41, 5.74) is 2.97. The quantitative estimate of drug-likeness (QED) is 0.934. The summed E-state index contributed by atoms with van der Waals surface area (Å²) >= 11 is 0. The van der Waals surface area contributed by atoms with Crippen LogP contribution in [0.4, 0.5) is 11.4 Å². The number of hydrogen-bond donors (Lipinski definition) is 1. The van der Waals surface area contributed by atoms with Gasteiger partial charge in [0, 0.05) is 30.5 Å². The summed E-state index contributed by atoms with van der Waals surface area (Å²) in [5, 5.41) is 3.44. The number of anilines is 2. The van der Waals surface area contributed by atoms with Gasteiger partial charge in [-0.2, -0.15) is 0 Å². The van der Waals surface area contributed by atoms with E-state index >= 15 is 0 Å². The fourth-order valence-electron chi connectivity index (χ4n) is 2.64. The van der Waals surface area contributed by atoms with E-state index in [1.807, 2.05) is 47.4 Å². The SMILES string of the molecule is CC(Nc1cccc(N2CCCC2=O)c1)c1ccccn1. The summed E-state index contributed by atoms with van der Waals surface area (Å²) < 4.78 is 0. The molecule has 1 unspecified atom stereocenters. The highest BCUT2D eigenvalue weighted by atomic mass is 16.2. The smallest absolute Gasteiger partial charge is 0.227 e. The third-order valence-corrected chi connectivity index (χ3v) is 3.75. The van der Waals surface area contributed by atoms with Crippen molar-refractivity contribution in [2.75, 3.05) is 16.8 Å². The fourth-order valence-corrected chi connectivity index (χ4v) is 2.64. The molecule has 108 valence electrons. The maximum absolute atomic E-state index is 11.8. The molecule has 2 heterocycles. The van der Waals surface area contributed by atoms with E-state index in [0.717, 1.165) is 30.0 Å². The van der Waals surface area contributed by atoms with Gasteiger partial charge in [-0.25, -0.2) is 0 Å². The van der Waals surface area contributed by atoms with Crippen molar-refractivity contribution in [2.24, 2.45) is 0 Å². The lowest BCUT2D eigenvalue weighted by Crippen LogP contribution is -2.23. The Morgan fingerprint density at radius 3 is 2.86 bits per heavy atom. The van der Waals surface area contributed by atoms with E-state index in [9.17, 15) is 4.79 Å². The Kier molecular flexibility index (Phi) is 3.86. The lowest BCUT2D eigenvalue weighted by Gasteiger charge is -2.19. The number of carbonyl (C=O) groups excluding carboxylic acids is 1. The van der Waals surface area contributed by atoms with Crippen LogP contribution < -0.4 is 10.2 Å². The number of nitrogens with zero attached hydrogens (tertiary/aromatic N) is 2. The van der Waals surface area contributed by atoms with Gasteiger partial charge in [0.2, 0.25) is 5.91 Å². The van der Waals surface area contributed by atoms with Crippen molar-refractivity contribution >= 4 is 17.3 Å². The van der Waals surface area contributed by atoms with E-state index in [1.54, 1.807) is 6.20 Å². The highest BCUT2D eigenvalue weighted by Crippen LogP contribution is 2.26. The molecule has 0 radical (unpaired) electrons. The molecule has 0 bridgehead atoms. The number of pyridine rings is 1. The molecule has 1 aromatic carbocycles. The first-order chi connectivity index (χ1) is 10.2. The van der Waals surface area contributed by atoms with Gasteiger partial charge in [0.15, 0.2) is 0 Å². The lowest BCUT2D eigenvalue weighted by molar-refractivity contribution is -0.117. The second kappa shape index (κ2) is 5.95. The van der Waals surface area contributed by atoms with Gasteiger partial charge in [0.05, 0.1) is 11.7 Å². The van der Waals surface area contributed by atoms with Crippen LogP contribution in [0.1, 0.15) is 31.5 Å². The summed E-state index contributed by atoms with van der Waals surface area (Å²) in [5.74, 6) is 0.213. The Hall–Kier alpha value is -2.36. The van der Waals surface area contributed by atoms with Crippen molar-refractivity contribution in [1.29, 1.82) is 0 Å². The normalized spacial score (nSPS) is 16.0. The second-order valence-corrected chi connectivity index (χ2v) is 5.32. The minimum Gasteiger partial charge on any atom is -0.377 e. The molecule has 1 atom stereocenters. The molecule has 0 saturated carbocycles. The number of rotatable bonds is 4. The maximum atomic E-state index is 11.8. The monoisotopic (exact) mass is 281 g/mol. The van der Waals surface area contributed by atoms with Gasteiger partial charge in [-0.05, 0) is 43.7 Å². The Morgan fingerprint density at radius 2 is 2.14 bits per heavy atom. The molecule has 1 aliphatic heterocycles. The molecule has 21 heavy (non-hydrogen) atoms. The number of aromatic nitrogens is 1. The van der Waals surface area contributed by atoms with Gasteiger partial charge in [-0.15, -0.1) is 0 Å². The largest absolute Gasteiger partial charge is 0.377 e. The lowest BCUT2D eigenvalue weighted by atomic mass is 10.2. The minimum atomic E-state index is 0.121. The molecule has 1 aromatic heterocycles. The van der Waals surface area contributed by atoms with Gasteiger partial charge in [0.1, 0.15) is 0 Å². The van der Waals surface area contributed by atoms with Crippen LogP contribution in [0.25, 0.3) is 0 Å². The molecule has 1 N–H and O–H groups in total. The highest BCUT2D eigenvalue weighted by Gasteiger charge is 2.21. The molecule has 3 rings (SSSR count). The van der Waals surface area contributed by atoms with E-state index in [0.29, 0.717) is 6.42 Å². The zero-order chi connectivity index (χ0) is 14.7. The van der Waals surface area contributed by atoms with E-state index < -0.39 is 0 Å². The number of amides is 1. The van der Waals surface area contributed by atoms with Crippen molar-refractivity contribution in [3.63, 3.8) is 0 Å². The molecule has 4 heteroatoms. The van der Waals surface area contributed by atoms with Gasteiger partial charge >= 0.3 is 0 Å². The third kappa shape index (κ3) is 3.05. The van der Waals surface area contributed by atoms with E-state index in [4.69, 9.17) is 0 Å². The zero-order valence-electron chi connectivity index (χ0n) is 12.1. The standard InChI is InChI=1S/C17H19N3O/c1-13(16-8-2-3-10-18-16)19-14-6-4-7-15(12-14)20-11-5-9-17(20)21/h2-4,6-8,10,12-13,19H,5,9,11H2,1H3. The Labute approximate surface area is 124 Å². The van der Waals surface area contributed by atoms with Gasteiger partial charge in [0.25, 0.3) is 0 Å². The van der Waals surface area contributed by atoms with Crippen LogP contribution >= 0.6 is 0 Å². The molecule has 4 nitrogen and oxygen atoms in total. The van der Waals surface area contributed by atoms with Crippen LogP contribution in [0.15, 0.2) is 48.7 Å². The summed E-state index contributed by atoms with van der Waals surface area (Å²) in [7, 11) is 0.